The van der Waals surface area contributed by atoms with Crippen LogP contribution in [0.25, 0.3) is 75.8 Å². The molecule has 0 bridgehead atoms. The second kappa shape index (κ2) is 11.2. The van der Waals surface area contributed by atoms with Gasteiger partial charge < -0.3 is 9.13 Å². The first-order chi connectivity index (χ1) is 24.3. The monoisotopic (exact) mass is 638 g/mol. The molecule has 0 aliphatic carbocycles. The summed E-state index contributed by atoms with van der Waals surface area (Å²) in [5.41, 5.74) is 9.77. The average Bonchev–Trinajstić information content (AvgIpc) is 3.64. The van der Waals surface area contributed by atoms with Gasteiger partial charge in [0.25, 0.3) is 0 Å². The van der Waals surface area contributed by atoms with E-state index >= 15 is 0 Å². The highest BCUT2D eigenvalue weighted by molar-refractivity contribution is 6.12. The molecule has 230 valence electrons. The van der Waals surface area contributed by atoms with Gasteiger partial charge in [-0.15, -0.1) is 0 Å². The van der Waals surface area contributed by atoms with E-state index in [4.69, 9.17) is 13.1 Å². The van der Waals surface area contributed by atoms with Crippen molar-refractivity contribution in [1.82, 2.24) is 14.1 Å². The SMILES string of the molecule is [C-]#[N+]c1ccc2c3ccc(C#N)cc3n(-c3cc(-c4cc(C)nc(C)c4)c(-n4c5cc(C#N)ccc5c5ccc([N+]#[C-])cc54)cc3C#N)c2c1. The van der Waals surface area contributed by atoms with Gasteiger partial charge >= 0.3 is 0 Å². The Hall–Kier alpha value is -7.70. The van der Waals surface area contributed by atoms with Gasteiger partial charge in [-0.2, -0.15) is 15.8 Å². The van der Waals surface area contributed by atoms with Gasteiger partial charge in [-0.25, -0.2) is 9.69 Å². The Balaban J connectivity index is 1.58. The molecule has 0 fully saturated rings. The second-order valence-corrected chi connectivity index (χ2v) is 12.1. The van der Waals surface area contributed by atoms with E-state index in [2.05, 4.69) is 32.9 Å². The molecule has 0 aliphatic rings. The van der Waals surface area contributed by atoms with Gasteiger partial charge in [-0.05, 0) is 80.1 Å². The lowest BCUT2D eigenvalue weighted by molar-refractivity contribution is 1.11. The summed E-state index contributed by atoms with van der Waals surface area (Å²) in [5, 5.41) is 34.2. The molecule has 3 aromatic heterocycles. The van der Waals surface area contributed by atoms with Gasteiger partial charge in [0.05, 0.1) is 64.4 Å². The van der Waals surface area contributed by atoms with Crippen LogP contribution in [0.2, 0.25) is 0 Å². The quantitative estimate of drug-likeness (QED) is 0.180. The third-order valence-electron chi connectivity index (χ3n) is 9.13. The molecule has 0 saturated carbocycles. The minimum Gasteiger partial charge on any atom is -0.310 e. The van der Waals surface area contributed by atoms with Gasteiger partial charge in [-0.3, -0.25) is 4.98 Å². The van der Waals surface area contributed by atoms with E-state index in [-0.39, 0.29) is 0 Å². The minimum absolute atomic E-state index is 0.355. The maximum absolute atomic E-state index is 10.9. The number of aryl methyl sites for hydroxylation is 2. The number of rotatable bonds is 3. The van der Waals surface area contributed by atoms with Crippen molar-refractivity contribution in [3.63, 3.8) is 0 Å². The molecule has 8 rings (SSSR count). The molecule has 0 atom stereocenters. The summed E-state index contributed by atoms with van der Waals surface area (Å²) in [6.45, 7) is 19.4. The highest BCUT2D eigenvalue weighted by Crippen LogP contribution is 2.42. The van der Waals surface area contributed by atoms with E-state index in [9.17, 15) is 15.8 Å². The van der Waals surface area contributed by atoms with E-state index in [0.717, 1.165) is 66.1 Å². The van der Waals surface area contributed by atoms with E-state index < -0.39 is 0 Å². The predicted molar refractivity (Wildman–Crippen MR) is 194 cm³/mol. The number of benzene rings is 5. The van der Waals surface area contributed by atoms with Gasteiger partial charge in [-0.1, -0.05) is 36.4 Å². The third kappa shape index (κ3) is 4.45. The number of nitriles is 3. The topological polar surface area (TPSA) is 103 Å². The van der Waals surface area contributed by atoms with Crippen LogP contribution in [-0.4, -0.2) is 14.1 Å². The van der Waals surface area contributed by atoms with Crippen LogP contribution in [0.3, 0.4) is 0 Å². The molecular weight excluding hydrogens is 617 g/mol. The fraction of sp³-hybridized carbons (Fsp3) is 0.0476. The number of fused-ring (bicyclic) bond motifs is 6. The van der Waals surface area contributed by atoms with E-state index in [1.165, 1.54) is 0 Å². The van der Waals surface area contributed by atoms with Crippen LogP contribution in [0.15, 0.2) is 97.1 Å². The summed E-state index contributed by atoms with van der Waals surface area (Å²) in [5.74, 6) is 0. The molecule has 8 heteroatoms. The van der Waals surface area contributed by atoms with Crippen molar-refractivity contribution in [2.24, 2.45) is 0 Å². The van der Waals surface area contributed by atoms with Gasteiger partial charge in [0.2, 0.25) is 0 Å². The van der Waals surface area contributed by atoms with Crippen LogP contribution < -0.4 is 0 Å². The molecular formula is C42H22N8. The Kier molecular flexibility index (Phi) is 6.66. The molecule has 0 radical (unpaired) electrons. The molecule has 5 aromatic carbocycles. The van der Waals surface area contributed by atoms with Crippen molar-refractivity contribution in [2.45, 2.75) is 13.8 Å². The zero-order valence-corrected chi connectivity index (χ0v) is 26.8. The Morgan fingerprint density at radius 1 is 0.540 bits per heavy atom. The normalized spacial score (nSPS) is 10.9. The van der Waals surface area contributed by atoms with Crippen molar-refractivity contribution >= 4 is 55.0 Å². The van der Waals surface area contributed by atoms with Gasteiger partial charge in [0, 0.05) is 49.5 Å². The van der Waals surface area contributed by atoms with Crippen LogP contribution in [0.4, 0.5) is 11.4 Å². The van der Waals surface area contributed by atoms with Gasteiger partial charge in [0.15, 0.2) is 11.4 Å². The van der Waals surface area contributed by atoms with Crippen LogP contribution in [-0.2, 0) is 0 Å². The number of pyridine rings is 1. The summed E-state index contributed by atoms with van der Waals surface area (Å²) >= 11 is 0. The fourth-order valence-corrected chi connectivity index (χ4v) is 7.07. The van der Waals surface area contributed by atoms with Crippen molar-refractivity contribution < 1.29 is 0 Å². The van der Waals surface area contributed by atoms with E-state index in [1.54, 1.807) is 24.3 Å². The lowest BCUT2D eigenvalue weighted by Gasteiger charge is -2.19. The zero-order chi connectivity index (χ0) is 34.7. The first-order valence-corrected chi connectivity index (χ1v) is 15.6. The van der Waals surface area contributed by atoms with Crippen molar-refractivity contribution in [3.05, 3.63) is 148 Å². The molecule has 0 aliphatic heterocycles. The largest absolute Gasteiger partial charge is 0.310 e. The highest BCUT2D eigenvalue weighted by Gasteiger charge is 2.23. The molecule has 50 heavy (non-hydrogen) atoms. The summed E-state index contributed by atoms with van der Waals surface area (Å²) in [6.07, 6.45) is 0. The molecule has 0 spiro atoms. The van der Waals surface area contributed by atoms with Crippen LogP contribution in [0, 0.1) is 61.0 Å². The van der Waals surface area contributed by atoms with E-state index in [1.807, 2.05) is 95.8 Å². The lowest BCUT2D eigenvalue weighted by Crippen LogP contribution is -2.04. The summed E-state index contributed by atoms with van der Waals surface area (Å²) in [6, 6.07) is 36.8. The maximum atomic E-state index is 10.9. The Morgan fingerprint density at radius 2 is 1.00 bits per heavy atom. The number of hydrogen-bond acceptors (Lipinski definition) is 4. The number of aromatic nitrogens is 3. The Morgan fingerprint density at radius 3 is 1.46 bits per heavy atom. The van der Waals surface area contributed by atoms with Crippen molar-refractivity contribution in [3.8, 4) is 40.7 Å². The van der Waals surface area contributed by atoms with Crippen LogP contribution in [0.1, 0.15) is 28.1 Å². The summed E-state index contributed by atoms with van der Waals surface area (Å²) in [4.78, 5) is 12.0. The minimum atomic E-state index is 0.355. The molecule has 0 N–H and O–H groups in total. The number of nitrogens with zero attached hydrogens (tertiary/aromatic N) is 8. The Labute approximate surface area is 286 Å². The summed E-state index contributed by atoms with van der Waals surface area (Å²) < 4.78 is 3.99. The predicted octanol–water partition coefficient (Wildman–Crippen LogP) is 10.3. The first-order valence-electron chi connectivity index (χ1n) is 15.6. The lowest BCUT2D eigenvalue weighted by atomic mass is 9.98. The summed E-state index contributed by atoms with van der Waals surface area (Å²) in [7, 11) is 0. The zero-order valence-electron chi connectivity index (χ0n) is 26.8. The van der Waals surface area contributed by atoms with Crippen LogP contribution >= 0.6 is 0 Å². The highest BCUT2D eigenvalue weighted by atomic mass is 15.0. The van der Waals surface area contributed by atoms with Crippen molar-refractivity contribution in [1.29, 1.82) is 15.8 Å². The Bertz CT molecular complexity index is 2850. The van der Waals surface area contributed by atoms with Crippen LogP contribution in [0.5, 0.6) is 0 Å². The standard InChI is InChI=1S/C42H22N8/c1-24-13-28(14-25(2)48-24)36-20-37(49-38-15-26(21-43)5-9-32(38)34-11-7-30(46-3)18-41(34)49)29(23-45)17-40(36)50-39-16-27(22-44)6-10-33(39)35-12-8-31(47-4)19-42(35)50/h5-20H,1-2H3. The first kappa shape index (κ1) is 29.7. The molecule has 0 unspecified atom stereocenters. The second-order valence-electron chi connectivity index (χ2n) is 12.1. The molecule has 8 nitrogen and oxygen atoms in total. The van der Waals surface area contributed by atoms with Crippen molar-refractivity contribution in [2.75, 3.05) is 0 Å². The molecule has 8 aromatic rings. The number of hydrogen-bond donors (Lipinski definition) is 0. The maximum Gasteiger partial charge on any atom is 0.189 e. The molecule has 0 saturated heterocycles. The smallest absolute Gasteiger partial charge is 0.189 e. The molecule has 3 heterocycles. The molecule has 0 amide bonds. The third-order valence-corrected chi connectivity index (χ3v) is 9.13. The average molecular weight is 639 g/mol. The fourth-order valence-electron chi connectivity index (χ4n) is 7.07. The van der Waals surface area contributed by atoms with Gasteiger partial charge in [0.1, 0.15) is 6.07 Å². The van der Waals surface area contributed by atoms with E-state index in [0.29, 0.717) is 39.4 Å².